The average Bonchev–Trinajstić information content (AvgIpc) is 2.43. The molecule has 2 rings (SSSR count). The van der Waals surface area contributed by atoms with Gasteiger partial charge in [-0.1, -0.05) is 50.6 Å². The van der Waals surface area contributed by atoms with E-state index in [1.54, 1.807) is 0 Å². The summed E-state index contributed by atoms with van der Waals surface area (Å²) in [7, 11) is -1.92. The monoisotopic (exact) mass is 391 g/mol. The molecule has 0 radical (unpaired) electrons. The maximum atomic E-state index is 6.48. The number of hydrogen-bond donors (Lipinski definition) is 1. The Hall–Kier alpha value is -1.26. The molecule has 0 amide bonds. The van der Waals surface area contributed by atoms with Crippen molar-refractivity contribution in [3.63, 3.8) is 0 Å². The predicted molar refractivity (Wildman–Crippen MR) is 107 cm³/mol. The third-order valence-electron chi connectivity index (χ3n) is 4.62. The number of nitrogens with two attached hydrogens (primary N) is 1. The molecule has 0 saturated heterocycles. The minimum absolute atomic E-state index is 0.140. The molecule has 0 fully saturated rings. The summed E-state index contributed by atoms with van der Waals surface area (Å²) in [6, 6.07) is 12.5. The molecule has 0 spiro atoms. The Labute approximate surface area is 149 Å². The molecule has 0 aliphatic rings. The van der Waals surface area contributed by atoms with Crippen molar-refractivity contribution in [2.45, 2.75) is 45.8 Å². The van der Waals surface area contributed by atoms with E-state index in [4.69, 9.17) is 10.2 Å². The van der Waals surface area contributed by atoms with Crippen LogP contribution in [-0.2, 0) is 0 Å². The first-order valence-electron chi connectivity index (χ1n) is 7.86. The molecule has 0 saturated carbocycles. The fraction of sp³-hybridized carbons (Fsp3) is 0.368. The Balaban J connectivity index is 2.47. The number of rotatable bonds is 3. The molecule has 0 unspecified atom stereocenters. The maximum absolute atomic E-state index is 6.48. The van der Waals surface area contributed by atoms with Crippen LogP contribution in [0.2, 0.25) is 18.1 Å². The van der Waals surface area contributed by atoms with Gasteiger partial charge < -0.3 is 10.2 Å². The smallest absolute Gasteiger partial charge is 0.250 e. The van der Waals surface area contributed by atoms with Crippen LogP contribution in [0.4, 0.5) is 5.69 Å². The molecule has 0 atom stereocenters. The SMILES string of the molecule is Cc1ccc(-c2cc(N)c(Br)c(O[Si](C)(C)C(C)(C)C)c2)cc1. The number of anilines is 1. The van der Waals surface area contributed by atoms with Gasteiger partial charge in [0.1, 0.15) is 5.75 Å². The van der Waals surface area contributed by atoms with E-state index in [1.165, 1.54) is 5.56 Å². The zero-order valence-electron chi connectivity index (χ0n) is 14.8. The summed E-state index contributed by atoms with van der Waals surface area (Å²) in [5.74, 6) is 0.840. The normalized spacial score (nSPS) is 12.3. The van der Waals surface area contributed by atoms with Crippen LogP contribution in [0.3, 0.4) is 0 Å². The van der Waals surface area contributed by atoms with Crippen molar-refractivity contribution in [2.24, 2.45) is 0 Å². The highest BCUT2D eigenvalue weighted by molar-refractivity contribution is 9.10. The van der Waals surface area contributed by atoms with Crippen molar-refractivity contribution in [2.75, 3.05) is 5.73 Å². The maximum Gasteiger partial charge on any atom is 0.250 e. The van der Waals surface area contributed by atoms with Gasteiger partial charge in [0.25, 0.3) is 8.32 Å². The summed E-state index contributed by atoms with van der Waals surface area (Å²) in [6.45, 7) is 13.3. The summed E-state index contributed by atoms with van der Waals surface area (Å²) < 4.78 is 7.32. The Morgan fingerprint density at radius 3 is 2.09 bits per heavy atom. The van der Waals surface area contributed by atoms with Crippen molar-refractivity contribution in [3.8, 4) is 16.9 Å². The first-order valence-corrected chi connectivity index (χ1v) is 11.6. The molecule has 0 bridgehead atoms. The van der Waals surface area contributed by atoms with Crippen molar-refractivity contribution in [1.82, 2.24) is 0 Å². The lowest BCUT2D eigenvalue weighted by Crippen LogP contribution is -2.44. The first-order chi connectivity index (χ1) is 10.5. The highest BCUT2D eigenvalue weighted by Gasteiger charge is 2.39. The van der Waals surface area contributed by atoms with Gasteiger partial charge in [0.2, 0.25) is 0 Å². The minimum Gasteiger partial charge on any atom is -0.543 e. The Morgan fingerprint density at radius 2 is 1.57 bits per heavy atom. The van der Waals surface area contributed by atoms with Gasteiger partial charge in [-0.25, -0.2) is 0 Å². The summed E-state index contributed by atoms with van der Waals surface area (Å²) in [5.41, 5.74) is 10.4. The highest BCUT2D eigenvalue weighted by Crippen LogP contribution is 2.42. The molecule has 2 aromatic rings. The van der Waals surface area contributed by atoms with Gasteiger partial charge in [-0.2, -0.15) is 0 Å². The molecule has 0 aromatic heterocycles. The van der Waals surface area contributed by atoms with Crippen molar-refractivity contribution >= 4 is 29.9 Å². The molecule has 0 heterocycles. The van der Waals surface area contributed by atoms with Crippen LogP contribution in [0.5, 0.6) is 5.75 Å². The topological polar surface area (TPSA) is 35.2 Å². The van der Waals surface area contributed by atoms with Crippen molar-refractivity contribution in [1.29, 1.82) is 0 Å². The Morgan fingerprint density at radius 1 is 1.00 bits per heavy atom. The minimum atomic E-state index is -1.92. The molecule has 2 N–H and O–H groups in total. The molecule has 2 nitrogen and oxygen atoms in total. The Kier molecular flexibility index (Phi) is 4.97. The van der Waals surface area contributed by atoms with Crippen molar-refractivity contribution < 1.29 is 4.43 Å². The summed E-state index contributed by atoms with van der Waals surface area (Å²) in [4.78, 5) is 0. The predicted octanol–water partition coefficient (Wildman–Crippen LogP) is 6.39. The molecular formula is C19H26BrNOSi. The van der Waals surface area contributed by atoms with E-state index in [0.29, 0.717) is 5.69 Å². The van der Waals surface area contributed by atoms with Gasteiger partial charge >= 0.3 is 0 Å². The molecule has 23 heavy (non-hydrogen) atoms. The van der Waals surface area contributed by atoms with Crippen molar-refractivity contribution in [3.05, 3.63) is 46.4 Å². The van der Waals surface area contributed by atoms with E-state index in [-0.39, 0.29) is 5.04 Å². The number of aryl methyl sites for hydroxylation is 1. The summed E-state index contributed by atoms with van der Waals surface area (Å²) >= 11 is 3.59. The van der Waals surface area contributed by atoms with Gasteiger partial charge in [0.05, 0.1) is 10.2 Å². The quantitative estimate of drug-likeness (QED) is 0.485. The standard InChI is InChI=1S/C19H26BrNOSi/c1-13-7-9-14(10-8-13)15-11-16(21)18(20)17(12-15)22-23(5,6)19(2,3)4/h7-12H,21H2,1-6H3. The number of benzene rings is 2. The summed E-state index contributed by atoms with van der Waals surface area (Å²) in [5, 5.41) is 0.140. The van der Waals surface area contributed by atoms with Crippen LogP contribution in [0.1, 0.15) is 26.3 Å². The lowest BCUT2D eigenvalue weighted by atomic mass is 10.0. The highest BCUT2D eigenvalue weighted by atomic mass is 79.9. The van der Waals surface area contributed by atoms with Gasteiger partial charge in [-0.05, 0) is 64.2 Å². The van der Waals surface area contributed by atoms with E-state index in [2.05, 4.69) is 87.1 Å². The van der Waals surface area contributed by atoms with Crippen LogP contribution >= 0.6 is 15.9 Å². The molecule has 2 aromatic carbocycles. The second kappa shape index (κ2) is 6.33. The average molecular weight is 392 g/mol. The van der Waals surface area contributed by atoms with Crippen LogP contribution in [0.25, 0.3) is 11.1 Å². The second-order valence-corrected chi connectivity index (χ2v) is 13.1. The lowest BCUT2D eigenvalue weighted by Gasteiger charge is -2.37. The third-order valence-corrected chi connectivity index (χ3v) is 9.81. The molecule has 0 aliphatic carbocycles. The second-order valence-electron chi connectivity index (χ2n) is 7.61. The van der Waals surface area contributed by atoms with Gasteiger partial charge in [0, 0.05) is 0 Å². The van der Waals surface area contributed by atoms with Gasteiger partial charge in [0.15, 0.2) is 0 Å². The molecule has 0 aliphatic heterocycles. The number of nitrogen functional groups attached to an aromatic ring is 1. The largest absolute Gasteiger partial charge is 0.543 e. The fourth-order valence-corrected chi connectivity index (χ4v) is 3.51. The lowest BCUT2D eigenvalue weighted by molar-refractivity contribution is 0.490. The zero-order chi connectivity index (χ0) is 17.4. The van der Waals surface area contributed by atoms with E-state index < -0.39 is 8.32 Å². The van der Waals surface area contributed by atoms with Crippen LogP contribution in [0.15, 0.2) is 40.9 Å². The molecule has 4 heteroatoms. The van der Waals surface area contributed by atoms with Gasteiger partial charge in [-0.15, -0.1) is 0 Å². The molecule has 124 valence electrons. The zero-order valence-corrected chi connectivity index (χ0v) is 17.4. The molecular weight excluding hydrogens is 366 g/mol. The van der Waals surface area contributed by atoms with E-state index in [1.807, 2.05) is 6.07 Å². The fourth-order valence-electron chi connectivity index (χ4n) is 2.03. The van der Waals surface area contributed by atoms with Crippen LogP contribution in [-0.4, -0.2) is 8.32 Å². The third kappa shape index (κ3) is 3.99. The number of hydrogen-bond acceptors (Lipinski definition) is 2. The first kappa shape index (κ1) is 18.1. The Bertz CT molecular complexity index is 703. The van der Waals surface area contributed by atoms with E-state index in [9.17, 15) is 0 Å². The van der Waals surface area contributed by atoms with E-state index in [0.717, 1.165) is 21.3 Å². The van der Waals surface area contributed by atoms with Crippen LogP contribution < -0.4 is 10.2 Å². The van der Waals surface area contributed by atoms with E-state index >= 15 is 0 Å². The summed E-state index contributed by atoms with van der Waals surface area (Å²) in [6.07, 6.45) is 0. The van der Waals surface area contributed by atoms with Crippen LogP contribution in [0, 0.1) is 6.92 Å². The van der Waals surface area contributed by atoms with Gasteiger partial charge in [-0.3, -0.25) is 0 Å². The number of halogens is 1.